The summed E-state index contributed by atoms with van der Waals surface area (Å²) in [7, 11) is 0. The molecule has 1 atom stereocenters. The molecule has 0 bridgehead atoms. The van der Waals surface area contributed by atoms with Crippen LogP contribution in [0.1, 0.15) is 303 Å². The maximum Gasteiger partial charge on any atom is 0.306 e. The van der Waals surface area contributed by atoms with Crippen molar-refractivity contribution in [1.82, 2.24) is 0 Å². The number of unbranched alkanes of at least 4 members (excludes halogenated alkanes) is 36. The summed E-state index contributed by atoms with van der Waals surface area (Å²) in [6.07, 6.45) is 60.3. The van der Waals surface area contributed by atoms with Gasteiger partial charge in [0.15, 0.2) is 6.10 Å². The molecular weight excluding hydrogens is 781 g/mol. The van der Waals surface area contributed by atoms with Gasteiger partial charge >= 0.3 is 17.9 Å². The van der Waals surface area contributed by atoms with Crippen LogP contribution in [0.2, 0.25) is 0 Å². The quantitative estimate of drug-likeness (QED) is 0.0262. The minimum absolute atomic E-state index is 0.0697. The summed E-state index contributed by atoms with van der Waals surface area (Å²) < 4.78 is 16.8. The number of hydrogen-bond acceptors (Lipinski definition) is 6. The summed E-state index contributed by atoms with van der Waals surface area (Å²) in [5.41, 5.74) is 0. The van der Waals surface area contributed by atoms with Gasteiger partial charge < -0.3 is 14.2 Å². The smallest absolute Gasteiger partial charge is 0.306 e. The van der Waals surface area contributed by atoms with Crippen molar-refractivity contribution in [2.45, 2.75) is 309 Å². The Morgan fingerprint density at radius 2 is 0.571 bits per heavy atom. The van der Waals surface area contributed by atoms with Crippen LogP contribution in [0.25, 0.3) is 0 Å². The summed E-state index contributed by atoms with van der Waals surface area (Å²) in [5.74, 6) is -0.865. The van der Waals surface area contributed by atoms with E-state index >= 15 is 0 Å². The zero-order valence-corrected chi connectivity index (χ0v) is 42.4. The fourth-order valence-electron chi connectivity index (χ4n) is 8.24. The molecule has 0 aliphatic rings. The van der Waals surface area contributed by atoms with Crippen molar-refractivity contribution < 1.29 is 28.6 Å². The Kier molecular flexibility index (Phi) is 50.8. The van der Waals surface area contributed by atoms with Crippen LogP contribution in [-0.4, -0.2) is 37.2 Å². The largest absolute Gasteiger partial charge is 0.462 e. The van der Waals surface area contributed by atoms with E-state index < -0.39 is 6.10 Å². The van der Waals surface area contributed by atoms with E-state index in [1.807, 2.05) is 0 Å². The molecule has 0 aromatic rings. The lowest BCUT2D eigenvalue weighted by Crippen LogP contribution is -2.30. The first-order valence-corrected chi connectivity index (χ1v) is 27.8. The molecule has 370 valence electrons. The maximum atomic E-state index is 12.8. The zero-order chi connectivity index (χ0) is 45.8. The molecule has 0 aromatic heterocycles. The first-order valence-electron chi connectivity index (χ1n) is 27.8. The highest BCUT2D eigenvalue weighted by Crippen LogP contribution is 2.17. The van der Waals surface area contributed by atoms with E-state index in [9.17, 15) is 14.4 Å². The minimum atomic E-state index is -0.769. The van der Waals surface area contributed by atoms with E-state index in [1.165, 1.54) is 193 Å². The van der Waals surface area contributed by atoms with Crippen molar-refractivity contribution in [2.75, 3.05) is 13.2 Å². The topological polar surface area (TPSA) is 78.9 Å². The third-order valence-electron chi connectivity index (χ3n) is 12.5. The fourth-order valence-corrected chi connectivity index (χ4v) is 8.24. The lowest BCUT2D eigenvalue weighted by molar-refractivity contribution is -0.167. The normalized spacial score (nSPS) is 12.1. The zero-order valence-electron chi connectivity index (χ0n) is 42.4. The van der Waals surface area contributed by atoms with E-state index in [0.717, 1.165) is 70.6 Å². The second-order valence-electron chi connectivity index (χ2n) is 18.9. The van der Waals surface area contributed by atoms with Gasteiger partial charge in [-0.25, -0.2) is 0 Å². The Bertz CT molecular complexity index is 1020. The van der Waals surface area contributed by atoms with Gasteiger partial charge in [0.05, 0.1) is 0 Å². The van der Waals surface area contributed by atoms with E-state index in [4.69, 9.17) is 14.2 Å². The second kappa shape index (κ2) is 52.5. The van der Waals surface area contributed by atoms with Crippen molar-refractivity contribution >= 4 is 17.9 Å². The number of esters is 3. The Hall–Kier alpha value is -2.11. The third kappa shape index (κ3) is 50.7. The highest BCUT2D eigenvalue weighted by atomic mass is 16.6. The van der Waals surface area contributed by atoms with Crippen molar-refractivity contribution in [3.63, 3.8) is 0 Å². The Balaban J connectivity index is 4.22. The first-order chi connectivity index (χ1) is 31.0. The summed E-state index contributed by atoms with van der Waals surface area (Å²) in [4.78, 5) is 37.9. The summed E-state index contributed by atoms with van der Waals surface area (Å²) in [5, 5.41) is 0. The van der Waals surface area contributed by atoms with Gasteiger partial charge in [0, 0.05) is 19.3 Å². The Morgan fingerprint density at radius 3 is 0.889 bits per heavy atom. The molecule has 6 heteroatoms. The van der Waals surface area contributed by atoms with Gasteiger partial charge in [-0.1, -0.05) is 257 Å². The molecule has 0 aliphatic carbocycles. The molecule has 6 nitrogen and oxygen atoms in total. The second-order valence-corrected chi connectivity index (χ2v) is 18.9. The number of rotatable bonds is 51. The molecule has 0 aliphatic heterocycles. The van der Waals surface area contributed by atoms with Crippen LogP contribution >= 0.6 is 0 Å². The van der Waals surface area contributed by atoms with Crippen molar-refractivity contribution in [3.05, 3.63) is 24.3 Å². The van der Waals surface area contributed by atoms with Crippen molar-refractivity contribution in [1.29, 1.82) is 0 Å². The molecule has 0 fully saturated rings. The van der Waals surface area contributed by atoms with Crippen LogP contribution in [0.3, 0.4) is 0 Å². The van der Waals surface area contributed by atoms with Gasteiger partial charge in [-0.05, 0) is 51.4 Å². The molecule has 0 spiro atoms. The van der Waals surface area contributed by atoms with Gasteiger partial charge in [-0.3, -0.25) is 14.4 Å². The third-order valence-corrected chi connectivity index (χ3v) is 12.5. The molecule has 0 heterocycles. The van der Waals surface area contributed by atoms with Crippen LogP contribution in [0, 0.1) is 0 Å². The van der Waals surface area contributed by atoms with Crippen LogP contribution in [-0.2, 0) is 28.6 Å². The monoisotopic (exact) mass is 887 g/mol. The molecule has 0 rings (SSSR count). The molecule has 0 aromatic carbocycles. The average molecular weight is 887 g/mol. The van der Waals surface area contributed by atoms with Gasteiger partial charge in [-0.15, -0.1) is 0 Å². The predicted octanol–water partition coefficient (Wildman–Crippen LogP) is 18.3. The Morgan fingerprint density at radius 1 is 0.317 bits per heavy atom. The molecule has 0 radical (unpaired) electrons. The van der Waals surface area contributed by atoms with Gasteiger partial charge in [0.25, 0.3) is 0 Å². The predicted molar refractivity (Wildman–Crippen MR) is 270 cm³/mol. The van der Waals surface area contributed by atoms with Gasteiger partial charge in [0.2, 0.25) is 0 Å². The molecule has 0 N–H and O–H groups in total. The SMILES string of the molecule is CCCCCC/C=C\C/C=C\CCCCCCCCCC(=O)OC(COC(=O)CCCCCCCCCC)COC(=O)CCCCCCCCCCCCCCCCCCCCC. The molecular formula is C57H106O6. The molecule has 0 saturated heterocycles. The van der Waals surface area contributed by atoms with Crippen LogP contribution in [0.4, 0.5) is 0 Å². The number of ether oxygens (including phenoxy) is 3. The molecule has 0 saturated carbocycles. The molecule has 1 unspecified atom stereocenters. The van der Waals surface area contributed by atoms with E-state index in [0.29, 0.717) is 19.3 Å². The van der Waals surface area contributed by atoms with Crippen LogP contribution < -0.4 is 0 Å². The van der Waals surface area contributed by atoms with E-state index in [1.54, 1.807) is 0 Å². The number of hydrogen-bond donors (Lipinski definition) is 0. The number of allylic oxidation sites excluding steroid dienone is 4. The summed E-state index contributed by atoms with van der Waals surface area (Å²) in [6.45, 7) is 6.63. The average Bonchev–Trinajstić information content (AvgIpc) is 3.28. The first kappa shape index (κ1) is 60.9. The number of carbonyl (C=O) groups excluding carboxylic acids is 3. The van der Waals surface area contributed by atoms with Crippen molar-refractivity contribution in [2.24, 2.45) is 0 Å². The highest BCUT2D eigenvalue weighted by molar-refractivity contribution is 5.71. The lowest BCUT2D eigenvalue weighted by Gasteiger charge is -2.18. The van der Waals surface area contributed by atoms with Crippen LogP contribution in [0.5, 0.6) is 0 Å². The summed E-state index contributed by atoms with van der Waals surface area (Å²) in [6, 6.07) is 0. The van der Waals surface area contributed by atoms with E-state index in [-0.39, 0.29) is 31.1 Å². The molecule has 63 heavy (non-hydrogen) atoms. The Labute approximate surface area is 392 Å². The molecule has 0 amide bonds. The van der Waals surface area contributed by atoms with Crippen LogP contribution in [0.15, 0.2) is 24.3 Å². The summed E-state index contributed by atoms with van der Waals surface area (Å²) >= 11 is 0. The minimum Gasteiger partial charge on any atom is -0.462 e. The lowest BCUT2D eigenvalue weighted by atomic mass is 10.0. The van der Waals surface area contributed by atoms with Gasteiger partial charge in [-0.2, -0.15) is 0 Å². The van der Waals surface area contributed by atoms with Crippen molar-refractivity contribution in [3.8, 4) is 0 Å². The fraction of sp³-hybridized carbons (Fsp3) is 0.877. The van der Waals surface area contributed by atoms with E-state index in [2.05, 4.69) is 45.1 Å². The highest BCUT2D eigenvalue weighted by Gasteiger charge is 2.19. The number of carbonyl (C=O) groups is 3. The maximum absolute atomic E-state index is 12.8. The standard InChI is InChI=1S/C57H106O6/c1-4-7-10-13-16-19-21-23-25-27-29-31-32-34-36-38-41-44-47-50-56(59)62-53-54(52-61-55(58)49-46-43-40-18-15-12-9-6-3)63-57(60)51-48-45-42-39-37-35-33-30-28-26-24-22-20-17-14-11-8-5-2/h20,22,26,28,54H,4-19,21,23-25,27,29-53H2,1-3H3/b22-20-,28-26-. The van der Waals surface area contributed by atoms with Gasteiger partial charge in [0.1, 0.15) is 13.2 Å².